The summed E-state index contributed by atoms with van der Waals surface area (Å²) in [6.07, 6.45) is 2.62. The second kappa shape index (κ2) is 12.5. The fourth-order valence-electron chi connectivity index (χ4n) is 6.44. The number of amides is 1. The molecule has 2 aromatic heterocycles. The number of hydrogen-bond donors (Lipinski definition) is 2. The Labute approximate surface area is 261 Å². The highest BCUT2D eigenvalue weighted by atomic mass is 16.1. The van der Waals surface area contributed by atoms with Crippen LogP contribution in [-0.4, -0.2) is 50.0 Å². The summed E-state index contributed by atoms with van der Waals surface area (Å²) in [6.45, 7) is 4.87. The fraction of sp³-hybridized carbons (Fsp3) is 0.243. The number of piperidine rings is 1. The first-order valence-electron chi connectivity index (χ1n) is 15.6. The monoisotopic (exact) mass is 596 g/mol. The van der Waals surface area contributed by atoms with Gasteiger partial charge in [0.25, 0.3) is 0 Å². The van der Waals surface area contributed by atoms with Gasteiger partial charge in [-0.25, -0.2) is 14.8 Å². The number of nitrogens with zero attached hydrogens (tertiary/aromatic N) is 4. The van der Waals surface area contributed by atoms with Gasteiger partial charge < -0.3 is 10.3 Å². The third-order valence-corrected chi connectivity index (χ3v) is 8.74. The van der Waals surface area contributed by atoms with Crippen LogP contribution in [-0.2, 0) is 17.8 Å². The lowest BCUT2D eigenvalue weighted by Gasteiger charge is -2.32. The summed E-state index contributed by atoms with van der Waals surface area (Å²) in [5.74, 6) is -0.0272. The number of benzene rings is 4. The summed E-state index contributed by atoms with van der Waals surface area (Å²) in [5, 5.41) is 2.87. The van der Waals surface area contributed by atoms with Crippen LogP contribution in [0.15, 0.2) is 102 Å². The fourth-order valence-corrected chi connectivity index (χ4v) is 6.44. The first-order valence-corrected chi connectivity index (χ1v) is 15.6. The van der Waals surface area contributed by atoms with E-state index in [0.29, 0.717) is 6.54 Å². The summed E-state index contributed by atoms with van der Waals surface area (Å²) in [6, 6.07) is 33.2. The van der Waals surface area contributed by atoms with Gasteiger partial charge >= 0.3 is 5.69 Å². The van der Waals surface area contributed by atoms with Crippen molar-refractivity contribution >= 4 is 28.0 Å². The van der Waals surface area contributed by atoms with Crippen molar-refractivity contribution in [2.45, 2.75) is 38.8 Å². The quantitative estimate of drug-likeness (QED) is 0.221. The molecule has 226 valence electrons. The van der Waals surface area contributed by atoms with Crippen LogP contribution >= 0.6 is 0 Å². The summed E-state index contributed by atoms with van der Waals surface area (Å²) in [5.41, 5.74) is 9.67. The molecule has 2 N–H and O–H groups in total. The predicted molar refractivity (Wildman–Crippen MR) is 179 cm³/mol. The Hall–Kier alpha value is -5.08. The smallest absolute Gasteiger partial charge is 0.326 e. The number of nitrogens with one attached hydrogen (secondary N) is 2. The van der Waals surface area contributed by atoms with E-state index in [9.17, 15) is 9.59 Å². The number of rotatable bonds is 8. The number of aromatic nitrogens is 4. The van der Waals surface area contributed by atoms with Gasteiger partial charge in [-0.2, -0.15) is 0 Å². The van der Waals surface area contributed by atoms with Gasteiger partial charge in [-0.05, 0) is 54.7 Å². The van der Waals surface area contributed by atoms with E-state index >= 15 is 0 Å². The molecule has 0 bridgehead atoms. The van der Waals surface area contributed by atoms with Gasteiger partial charge in [0, 0.05) is 50.3 Å². The highest BCUT2D eigenvalue weighted by Crippen LogP contribution is 2.32. The first kappa shape index (κ1) is 28.7. The average Bonchev–Trinajstić information content (AvgIpc) is 3.40. The molecule has 3 heterocycles. The lowest BCUT2D eigenvalue weighted by molar-refractivity contribution is -0.118. The van der Waals surface area contributed by atoms with Gasteiger partial charge in [-0.1, -0.05) is 72.8 Å². The number of para-hydroxylation sites is 2. The zero-order chi connectivity index (χ0) is 30.8. The van der Waals surface area contributed by atoms with Crippen LogP contribution in [0.4, 0.5) is 0 Å². The highest BCUT2D eigenvalue weighted by molar-refractivity contribution is 5.86. The molecule has 8 heteroatoms. The Morgan fingerprint density at radius 1 is 0.822 bits per heavy atom. The number of aromatic amines is 1. The molecule has 0 unspecified atom stereocenters. The minimum atomic E-state index is -0.0272. The Morgan fingerprint density at radius 3 is 2.24 bits per heavy atom. The SMILES string of the molecule is CC(=O)NCCc1ccc2nc(-c3ccccc3)c(-c3ccc(CN4CCC(n5c(=O)[nH]c6ccccc65)CC4)cc3)nc2c1. The van der Waals surface area contributed by atoms with Gasteiger partial charge in [0.2, 0.25) is 5.91 Å². The largest absolute Gasteiger partial charge is 0.356 e. The third kappa shape index (κ3) is 6.14. The number of imidazole rings is 1. The lowest BCUT2D eigenvalue weighted by Crippen LogP contribution is -2.36. The molecule has 45 heavy (non-hydrogen) atoms. The van der Waals surface area contributed by atoms with Gasteiger partial charge in [0.15, 0.2) is 0 Å². The summed E-state index contributed by atoms with van der Waals surface area (Å²) in [4.78, 5) is 39.7. The number of fused-ring (bicyclic) bond motifs is 2. The van der Waals surface area contributed by atoms with E-state index in [1.807, 2.05) is 53.1 Å². The minimum Gasteiger partial charge on any atom is -0.356 e. The van der Waals surface area contributed by atoms with Crippen LogP contribution in [0, 0.1) is 0 Å². The number of carbonyl (C=O) groups is 1. The van der Waals surface area contributed by atoms with Gasteiger partial charge in [-0.15, -0.1) is 0 Å². The average molecular weight is 597 g/mol. The highest BCUT2D eigenvalue weighted by Gasteiger charge is 2.23. The van der Waals surface area contributed by atoms with Crippen molar-refractivity contribution < 1.29 is 4.79 Å². The normalized spacial score (nSPS) is 14.2. The topological polar surface area (TPSA) is 95.9 Å². The molecule has 1 amide bonds. The molecule has 0 radical (unpaired) electrons. The molecule has 8 nitrogen and oxygen atoms in total. The zero-order valence-corrected chi connectivity index (χ0v) is 25.4. The lowest BCUT2D eigenvalue weighted by atomic mass is 10.0. The van der Waals surface area contributed by atoms with Crippen LogP contribution in [0.25, 0.3) is 44.6 Å². The molecule has 0 atom stereocenters. The Balaban J connectivity index is 1.10. The molecule has 0 aliphatic carbocycles. The van der Waals surface area contributed by atoms with Crippen LogP contribution in [0.5, 0.6) is 0 Å². The molecule has 4 aromatic carbocycles. The second-order valence-corrected chi connectivity index (χ2v) is 11.9. The third-order valence-electron chi connectivity index (χ3n) is 8.74. The van der Waals surface area contributed by atoms with Crippen molar-refractivity contribution in [2.24, 2.45) is 0 Å². The number of H-pyrrole nitrogens is 1. The Bertz CT molecular complexity index is 2020. The van der Waals surface area contributed by atoms with Crippen molar-refractivity contribution in [3.63, 3.8) is 0 Å². The Morgan fingerprint density at radius 2 is 1.49 bits per heavy atom. The molecule has 1 saturated heterocycles. The molecule has 0 spiro atoms. The van der Waals surface area contributed by atoms with Crippen molar-refractivity contribution in [1.82, 2.24) is 29.7 Å². The van der Waals surface area contributed by atoms with Gasteiger partial charge in [-0.3, -0.25) is 14.3 Å². The van der Waals surface area contributed by atoms with Gasteiger partial charge in [0.05, 0.1) is 33.5 Å². The maximum Gasteiger partial charge on any atom is 0.326 e. The summed E-state index contributed by atoms with van der Waals surface area (Å²) >= 11 is 0. The van der Waals surface area contributed by atoms with Crippen LogP contribution < -0.4 is 11.0 Å². The van der Waals surface area contributed by atoms with E-state index in [0.717, 1.165) is 89.0 Å². The zero-order valence-electron chi connectivity index (χ0n) is 25.4. The number of carbonyl (C=O) groups excluding carboxylic acids is 1. The molecule has 1 aliphatic heterocycles. The molecule has 6 aromatic rings. The molecule has 1 fully saturated rings. The summed E-state index contributed by atoms with van der Waals surface area (Å²) in [7, 11) is 0. The van der Waals surface area contributed by atoms with Gasteiger partial charge in [0.1, 0.15) is 0 Å². The molecule has 0 saturated carbocycles. The van der Waals surface area contributed by atoms with E-state index < -0.39 is 0 Å². The van der Waals surface area contributed by atoms with Crippen molar-refractivity contribution in [3.05, 3.63) is 119 Å². The number of hydrogen-bond acceptors (Lipinski definition) is 5. The molecule has 7 rings (SSSR count). The van der Waals surface area contributed by atoms with Crippen molar-refractivity contribution in [1.29, 1.82) is 0 Å². The number of likely N-dealkylation sites (tertiary alicyclic amines) is 1. The van der Waals surface area contributed by atoms with Crippen LogP contribution in [0.3, 0.4) is 0 Å². The molecular formula is C37H36N6O2. The van der Waals surface area contributed by atoms with E-state index in [1.54, 1.807) is 0 Å². The Kier molecular flexibility index (Phi) is 7.96. The standard InChI is InChI=1S/C37H36N6O2/c1-25(44)38-20-17-26-13-16-31-33(23-26)40-36(35(39-31)28-7-3-2-4-8-28)29-14-11-27(12-15-29)24-42-21-18-30(19-22-42)43-34-10-6-5-9-32(34)41-37(43)45/h2-16,23,30H,17-22,24H2,1H3,(H,38,44)(H,41,45). The van der Waals surface area contributed by atoms with E-state index in [4.69, 9.17) is 9.97 Å². The maximum atomic E-state index is 12.7. The molecule has 1 aliphatic rings. The predicted octanol–water partition coefficient (Wildman–Crippen LogP) is 6.12. The van der Waals surface area contributed by atoms with E-state index in [1.165, 1.54) is 12.5 Å². The summed E-state index contributed by atoms with van der Waals surface area (Å²) < 4.78 is 1.95. The van der Waals surface area contributed by atoms with E-state index in [-0.39, 0.29) is 17.6 Å². The van der Waals surface area contributed by atoms with Crippen molar-refractivity contribution in [3.8, 4) is 22.5 Å². The first-order chi connectivity index (χ1) is 22.0. The van der Waals surface area contributed by atoms with E-state index in [2.05, 4.69) is 63.7 Å². The van der Waals surface area contributed by atoms with Crippen molar-refractivity contribution in [2.75, 3.05) is 19.6 Å². The second-order valence-electron chi connectivity index (χ2n) is 11.9. The van der Waals surface area contributed by atoms with Crippen LogP contribution in [0.2, 0.25) is 0 Å². The van der Waals surface area contributed by atoms with Crippen LogP contribution in [0.1, 0.15) is 36.9 Å². The minimum absolute atomic E-state index is 0.0156. The molecular weight excluding hydrogens is 560 g/mol. The maximum absolute atomic E-state index is 12.7.